The Labute approximate surface area is 147 Å². The molecule has 1 fully saturated rings. The smallest absolute Gasteiger partial charge is 0.352 e. The summed E-state index contributed by atoms with van der Waals surface area (Å²) < 4.78 is 6.15. The van der Waals surface area contributed by atoms with Crippen LogP contribution in [-0.2, 0) is 11.3 Å². The van der Waals surface area contributed by atoms with Gasteiger partial charge in [-0.1, -0.05) is 17.7 Å². The van der Waals surface area contributed by atoms with Gasteiger partial charge in [0.2, 0.25) is 0 Å². The number of aromatic carboxylic acids is 1. The van der Waals surface area contributed by atoms with Crippen molar-refractivity contribution in [1.82, 2.24) is 14.5 Å². The Hall–Kier alpha value is -2.42. The molecule has 2 N–H and O–H groups in total. The number of carboxylic acid groups (broad SMARTS) is 1. The Morgan fingerprint density at radius 2 is 2.00 bits per heavy atom. The second-order valence-corrected chi connectivity index (χ2v) is 6.03. The number of carboxylic acids is 1. The lowest BCUT2D eigenvalue weighted by atomic mass is 10.2. The summed E-state index contributed by atoms with van der Waals surface area (Å²) in [5.41, 5.74) is -1.59. The molecule has 0 amide bonds. The fraction of sp³-hybridized carbons (Fsp3) is 0.312. The lowest BCUT2D eigenvalue weighted by molar-refractivity contribution is 0.0336. The number of rotatable bonds is 4. The maximum absolute atomic E-state index is 12.9. The number of hydrogen-bond donors (Lipinski definition) is 2. The minimum Gasteiger partial charge on any atom is -0.477 e. The van der Waals surface area contributed by atoms with Crippen LogP contribution in [0.5, 0.6) is 0 Å². The fourth-order valence-corrected chi connectivity index (χ4v) is 2.92. The lowest BCUT2D eigenvalue weighted by Crippen LogP contribution is -2.42. The van der Waals surface area contributed by atoms with E-state index in [4.69, 9.17) is 16.3 Å². The van der Waals surface area contributed by atoms with Gasteiger partial charge in [-0.3, -0.25) is 9.69 Å². The van der Waals surface area contributed by atoms with Gasteiger partial charge in [-0.2, -0.15) is 0 Å². The van der Waals surface area contributed by atoms with Gasteiger partial charge >= 0.3 is 11.7 Å². The third kappa shape index (κ3) is 3.65. The first-order chi connectivity index (χ1) is 12.0. The Morgan fingerprint density at radius 1 is 1.28 bits per heavy atom. The molecule has 9 heteroatoms. The van der Waals surface area contributed by atoms with E-state index < -0.39 is 17.2 Å². The maximum atomic E-state index is 12.9. The SMILES string of the molecule is O=C(O)c1[nH]c(=O)n(-c2cccc(Cl)c2)c(=O)c1CN1CCOCC1. The van der Waals surface area contributed by atoms with Gasteiger partial charge in [0, 0.05) is 24.7 Å². The van der Waals surface area contributed by atoms with Crippen molar-refractivity contribution in [2.24, 2.45) is 0 Å². The first kappa shape index (κ1) is 17.4. The van der Waals surface area contributed by atoms with Crippen molar-refractivity contribution < 1.29 is 14.6 Å². The average Bonchev–Trinajstić information content (AvgIpc) is 2.58. The zero-order valence-corrected chi connectivity index (χ0v) is 14.0. The second kappa shape index (κ2) is 7.22. The molecule has 3 rings (SSSR count). The van der Waals surface area contributed by atoms with E-state index in [1.54, 1.807) is 18.2 Å². The molecule has 1 aromatic heterocycles. The van der Waals surface area contributed by atoms with E-state index in [-0.39, 0.29) is 23.5 Å². The summed E-state index contributed by atoms with van der Waals surface area (Å²) in [6.45, 7) is 2.28. The molecule has 0 radical (unpaired) electrons. The highest BCUT2D eigenvalue weighted by atomic mass is 35.5. The molecule has 132 valence electrons. The number of halogens is 1. The van der Waals surface area contributed by atoms with Crippen LogP contribution in [0.3, 0.4) is 0 Å². The third-order valence-corrected chi connectivity index (χ3v) is 4.20. The summed E-state index contributed by atoms with van der Waals surface area (Å²) in [5.74, 6) is -1.35. The summed E-state index contributed by atoms with van der Waals surface area (Å²) >= 11 is 5.93. The van der Waals surface area contributed by atoms with Crippen molar-refractivity contribution in [2.45, 2.75) is 6.54 Å². The van der Waals surface area contributed by atoms with Crippen LogP contribution in [0.4, 0.5) is 0 Å². The molecule has 0 aliphatic carbocycles. The molecule has 8 nitrogen and oxygen atoms in total. The van der Waals surface area contributed by atoms with Crippen LogP contribution in [0.15, 0.2) is 33.9 Å². The van der Waals surface area contributed by atoms with Crippen molar-refractivity contribution >= 4 is 17.6 Å². The van der Waals surface area contributed by atoms with E-state index >= 15 is 0 Å². The number of benzene rings is 1. The van der Waals surface area contributed by atoms with Crippen LogP contribution in [0.25, 0.3) is 5.69 Å². The van der Waals surface area contributed by atoms with Gasteiger partial charge in [-0.05, 0) is 18.2 Å². The van der Waals surface area contributed by atoms with Crippen molar-refractivity contribution in [3.63, 3.8) is 0 Å². The van der Waals surface area contributed by atoms with Gasteiger partial charge in [0.1, 0.15) is 5.69 Å². The van der Waals surface area contributed by atoms with Crippen molar-refractivity contribution in [2.75, 3.05) is 26.3 Å². The summed E-state index contributed by atoms with van der Waals surface area (Å²) in [6.07, 6.45) is 0. The summed E-state index contributed by atoms with van der Waals surface area (Å²) in [6, 6.07) is 6.25. The highest BCUT2D eigenvalue weighted by Gasteiger charge is 2.22. The topological polar surface area (TPSA) is 105 Å². The van der Waals surface area contributed by atoms with Crippen LogP contribution in [-0.4, -0.2) is 51.8 Å². The molecule has 0 spiro atoms. The molecule has 1 aliphatic rings. The number of ether oxygens (including phenoxy) is 1. The molecule has 2 aromatic rings. The maximum Gasteiger partial charge on any atom is 0.352 e. The Morgan fingerprint density at radius 3 is 2.64 bits per heavy atom. The predicted octanol–water partition coefficient (Wildman–Crippen LogP) is 0.710. The number of nitrogens with zero attached hydrogens (tertiary/aromatic N) is 2. The van der Waals surface area contributed by atoms with E-state index in [0.717, 1.165) is 4.57 Å². The number of aromatic nitrogens is 2. The fourth-order valence-electron chi connectivity index (χ4n) is 2.73. The molecule has 1 aliphatic heterocycles. The van der Waals surface area contributed by atoms with Crippen LogP contribution in [0, 0.1) is 0 Å². The van der Waals surface area contributed by atoms with E-state index in [1.165, 1.54) is 6.07 Å². The summed E-state index contributed by atoms with van der Waals surface area (Å²) in [4.78, 5) is 40.9. The zero-order chi connectivity index (χ0) is 18.0. The van der Waals surface area contributed by atoms with Crippen molar-refractivity contribution in [1.29, 1.82) is 0 Å². The minimum absolute atomic E-state index is 0.0222. The number of carbonyl (C=O) groups is 1. The third-order valence-electron chi connectivity index (χ3n) is 3.96. The number of aromatic amines is 1. The Bertz CT molecular complexity index is 915. The quantitative estimate of drug-likeness (QED) is 0.826. The molecule has 0 unspecified atom stereocenters. The van der Waals surface area contributed by atoms with Crippen molar-refractivity contribution in [3.05, 3.63) is 61.4 Å². The first-order valence-electron chi connectivity index (χ1n) is 7.65. The molecule has 25 heavy (non-hydrogen) atoms. The summed E-state index contributed by atoms with van der Waals surface area (Å²) in [5, 5.41) is 9.73. The molecule has 2 heterocycles. The van der Waals surface area contributed by atoms with Gasteiger partial charge in [-0.15, -0.1) is 0 Å². The molecule has 0 atom stereocenters. The number of morpholine rings is 1. The molecule has 0 bridgehead atoms. The van der Waals surface area contributed by atoms with Crippen LogP contribution >= 0.6 is 11.6 Å². The molecular formula is C16H16ClN3O5. The van der Waals surface area contributed by atoms with Crippen LogP contribution in [0.1, 0.15) is 16.1 Å². The monoisotopic (exact) mass is 365 g/mol. The van der Waals surface area contributed by atoms with E-state index in [2.05, 4.69) is 4.98 Å². The van der Waals surface area contributed by atoms with Crippen molar-refractivity contribution in [3.8, 4) is 5.69 Å². The normalized spacial score (nSPS) is 15.2. The van der Waals surface area contributed by atoms with Gasteiger partial charge in [0.25, 0.3) is 5.56 Å². The van der Waals surface area contributed by atoms with Gasteiger partial charge < -0.3 is 14.8 Å². The zero-order valence-electron chi connectivity index (χ0n) is 13.2. The number of nitrogens with one attached hydrogen (secondary N) is 1. The number of hydrogen-bond acceptors (Lipinski definition) is 5. The number of H-pyrrole nitrogens is 1. The second-order valence-electron chi connectivity index (χ2n) is 5.60. The Balaban J connectivity index is 2.14. The molecule has 0 saturated carbocycles. The predicted molar refractivity (Wildman–Crippen MR) is 90.7 cm³/mol. The Kier molecular flexibility index (Phi) is 5.03. The van der Waals surface area contributed by atoms with Crippen LogP contribution < -0.4 is 11.2 Å². The van der Waals surface area contributed by atoms with E-state index in [0.29, 0.717) is 31.3 Å². The largest absolute Gasteiger partial charge is 0.477 e. The average molecular weight is 366 g/mol. The van der Waals surface area contributed by atoms with E-state index in [9.17, 15) is 19.5 Å². The van der Waals surface area contributed by atoms with Gasteiger partial charge in [0.15, 0.2) is 0 Å². The molecular weight excluding hydrogens is 350 g/mol. The lowest BCUT2D eigenvalue weighted by Gasteiger charge is -2.26. The highest BCUT2D eigenvalue weighted by Crippen LogP contribution is 2.13. The minimum atomic E-state index is -1.35. The van der Waals surface area contributed by atoms with Gasteiger partial charge in [0.05, 0.1) is 24.5 Å². The van der Waals surface area contributed by atoms with Gasteiger partial charge in [-0.25, -0.2) is 14.2 Å². The standard InChI is InChI=1S/C16H16ClN3O5/c17-10-2-1-3-11(8-10)20-14(21)12(9-19-4-6-25-7-5-19)13(15(22)23)18-16(20)24/h1-3,8H,4-7,9H2,(H,18,24)(H,22,23). The summed E-state index contributed by atoms with van der Waals surface area (Å²) in [7, 11) is 0. The highest BCUT2D eigenvalue weighted by molar-refractivity contribution is 6.30. The molecule has 1 saturated heterocycles. The molecule has 1 aromatic carbocycles. The van der Waals surface area contributed by atoms with E-state index in [1.807, 2.05) is 4.90 Å². The van der Waals surface area contributed by atoms with Crippen LogP contribution in [0.2, 0.25) is 5.02 Å². The first-order valence-corrected chi connectivity index (χ1v) is 8.02.